The van der Waals surface area contributed by atoms with Gasteiger partial charge in [0.25, 0.3) is 0 Å². The Morgan fingerprint density at radius 2 is 2.29 bits per heavy atom. The molecule has 0 aliphatic rings. The highest BCUT2D eigenvalue weighted by Crippen LogP contribution is 2.16. The van der Waals surface area contributed by atoms with Gasteiger partial charge >= 0.3 is 5.97 Å². The first-order valence-electron chi connectivity index (χ1n) is 4.16. The zero-order chi connectivity index (χ0) is 10.7. The second-order valence-electron chi connectivity index (χ2n) is 3.08. The van der Waals surface area contributed by atoms with Crippen molar-refractivity contribution >= 4 is 11.8 Å². The Balaban J connectivity index is 2.94. The molecule has 0 atom stereocenters. The fourth-order valence-electron chi connectivity index (χ4n) is 0.905. The Kier molecular flexibility index (Phi) is 2.91. The number of aromatic nitrogens is 1. The van der Waals surface area contributed by atoms with Crippen molar-refractivity contribution in [2.45, 2.75) is 20.0 Å². The Bertz CT molecular complexity index is 350. The van der Waals surface area contributed by atoms with Crippen LogP contribution in [0, 0.1) is 0 Å². The minimum absolute atomic E-state index is 0.0495. The van der Waals surface area contributed by atoms with Crippen LogP contribution >= 0.6 is 0 Å². The van der Waals surface area contributed by atoms with Crippen LogP contribution in [-0.2, 0) is 4.74 Å². The molecule has 0 radical (unpaired) electrons. The summed E-state index contributed by atoms with van der Waals surface area (Å²) in [5.74, 6) is -0.649. The minimum atomic E-state index is -0.582. The van der Waals surface area contributed by atoms with Crippen LogP contribution in [0.25, 0.3) is 0 Å². The van der Waals surface area contributed by atoms with Crippen LogP contribution in [0.2, 0.25) is 0 Å². The molecule has 0 fully saturated rings. The number of carbonyl (C=O) groups is 1. The molecular formula is C9H12N2O3. The summed E-state index contributed by atoms with van der Waals surface area (Å²) < 4.78 is 4.90. The third-order valence-electron chi connectivity index (χ3n) is 1.47. The molecular weight excluding hydrogens is 184 g/mol. The van der Waals surface area contributed by atoms with Gasteiger partial charge < -0.3 is 15.6 Å². The van der Waals surface area contributed by atoms with E-state index in [1.54, 1.807) is 13.8 Å². The van der Waals surface area contributed by atoms with Gasteiger partial charge in [-0.1, -0.05) is 0 Å². The zero-order valence-electron chi connectivity index (χ0n) is 8.02. The molecule has 0 spiro atoms. The van der Waals surface area contributed by atoms with Crippen molar-refractivity contribution in [2.24, 2.45) is 0 Å². The van der Waals surface area contributed by atoms with Crippen LogP contribution in [0.4, 0.5) is 5.82 Å². The molecule has 5 nitrogen and oxygen atoms in total. The summed E-state index contributed by atoms with van der Waals surface area (Å²) in [5.41, 5.74) is 5.53. The number of pyridine rings is 1. The monoisotopic (exact) mass is 196 g/mol. The number of aromatic hydroxyl groups is 1. The fourth-order valence-corrected chi connectivity index (χ4v) is 0.905. The van der Waals surface area contributed by atoms with Crippen molar-refractivity contribution in [3.8, 4) is 5.75 Å². The number of nitrogen functional groups attached to an aromatic ring is 1. The SMILES string of the molecule is CC(C)OC(=O)c1cc(O)cnc1N. The summed E-state index contributed by atoms with van der Waals surface area (Å²) in [5, 5.41) is 9.09. The molecule has 14 heavy (non-hydrogen) atoms. The average molecular weight is 196 g/mol. The molecule has 3 N–H and O–H groups in total. The van der Waals surface area contributed by atoms with E-state index < -0.39 is 5.97 Å². The molecule has 1 rings (SSSR count). The van der Waals surface area contributed by atoms with Gasteiger partial charge in [-0.05, 0) is 19.9 Å². The third-order valence-corrected chi connectivity index (χ3v) is 1.47. The maximum atomic E-state index is 11.4. The zero-order valence-corrected chi connectivity index (χ0v) is 8.02. The van der Waals surface area contributed by atoms with Crippen LogP contribution < -0.4 is 5.73 Å². The van der Waals surface area contributed by atoms with Crippen molar-refractivity contribution < 1.29 is 14.6 Å². The highest BCUT2D eigenvalue weighted by molar-refractivity contribution is 5.94. The van der Waals surface area contributed by atoms with Crippen LogP contribution in [0.3, 0.4) is 0 Å². The lowest BCUT2D eigenvalue weighted by atomic mass is 10.2. The van der Waals surface area contributed by atoms with Gasteiger partial charge in [-0.3, -0.25) is 0 Å². The van der Waals surface area contributed by atoms with Crippen LogP contribution in [-0.4, -0.2) is 22.2 Å². The Morgan fingerprint density at radius 3 is 2.86 bits per heavy atom. The normalized spacial score (nSPS) is 10.2. The number of carbonyl (C=O) groups excluding carboxylic acids is 1. The van der Waals surface area contributed by atoms with Gasteiger partial charge in [-0.15, -0.1) is 0 Å². The predicted octanol–water partition coefficient (Wildman–Crippen LogP) is 0.935. The minimum Gasteiger partial charge on any atom is -0.506 e. The summed E-state index contributed by atoms with van der Waals surface area (Å²) in [4.78, 5) is 15.0. The molecule has 1 heterocycles. The number of hydrogen-bond donors (Lipinski definition) is 2. The maximum Gasteiger partial charge on any atom is 0.342 e. The fraction of sp³-hybridized carbons (Fsp3) is 0.333. The Hall–Kier alpha value is -1.78. The van der Waals surface area contributed by atoms with E-state index in [0.717, 1.165) is 0 Å². The van der Waals surface area contributed by atoms with Crippen molar-refractivity contribution in [1.82, 2.24) is 4.98 Å². The van der Waals surface area contributed by atoms with E-state index in [4.69, 9.17) is 15.6 Å². The summed E-state index contributed by atoms with van der Waals surface area (Å²) in [6.07, 6.45) is 0.936. The molecule has 0 amide bonds. The number of ether oxygens (including phenoxy) is 1. The standard InChI is InChI=1S/C9H12N2O3/c1-5(2)14-9(13)7-3-6(12)4-11-8(7)10/h3-5,12H,1-2H3,(H2,10,11). The number of anilines is 1. The molecule has 0 unspecified atom stereocenters. The van der Waals surface area contributed by atoms with Gasteiger partial charge in [-0.25, -0.2) is 9.78 Å². The topological polar surface area (TPSA) is 85.4 Å². The lowest BCUT2D eigenvalue weighted by Gasteiger charge is -2.08. The van der Waals surface area contributed by atoms with E-state index >= 15 is 0 Å². The van der Waals surface area contributed by atoms with E-state index in [1.807, 2.05) is 0 Å². The maximum absolute atomic E-state index is 11.4. The van der Waals surface area contributed by atoms with E-state index in [-0.39, 0.29) is 23.2 Å². The molecule has 76 valence electrons. The molecule has 0 aliphatic carbocycles. The van der Waals surface area contributed by atoms with Crippen molar-refractivity contribution in [3.05, 3.63) is 17.8 Å². The largest absolute Gasteiger partial charge is 0.506 e. The van der Waals surface area contributed by atoms with E-state index in [9.17, 15) is 4.79 Å². The first-order chi connectivity index (χ1) is 6.50. The smallest absolute Gasteiger partial charge is 0.342 e. The summed E-state index contributed by atoms with van der Waals surface area (Å²) in [6, 6.07) is 1.23. The Labute approximate surface area is 81.5 Å². The van der Waals surface area contributed by atoms with Gasteiger partial charge in [0, 0.05) is 0 Å². The van der Waals surface area contributed by atoms with Crippen molar-refractivity contribution in [2.75, 3.05) is 5.73 Å². The van der Waals surface area contributed by atoms with Crippen molar-refractivity contribution in [1.29, 1.82) is 0 Å². The lowest BCUT2D eigenvalue weighted by Crippen LogP contribution is -2.13. The molecule has 0 bridgehead atoms. The Morgan fingerprint density at radius 1 is 1.64 bits per heavy atom. The third kappa shape index (κ3) is 2.35. The molecule has 0 saturated heterocycles. The predicted molar refractivity (Wildman–Crippen MR) is 50.9 cm³/mol. The molecule has 0 saturated carbocycles. The average Bonchev–Trinajstić information content (AvgIpc) is 2.08. The van der Waals surface area contributed by atoms with E-state index in [1.165, 1.54) is 12.3 Å². The molecule has 1 aromatic rings. The van der Waals surface area contributed by atoms with Gasteiger partial charge in [0.1, 0.15) is 17.1 Å². The van der Waals surface area contributed by atoms with Gasteiger partial charge in [0.15, 0.2) is 0 Å². The van der Waals surface area contributed by atoms with E-state index in [0.29, 0.717) is 0 Å². The first kappa shape index (κ1) is 10.3. The second-order valence-corrected chi connectivity index (χ2v) is 3.08. The quantitative estimate of drug-likeness (QED) is 0.687. The van der Waals surface area contributed by atoms with Crippen LogP contribution in [0.15, 0.2) is 12.3 Å². The lowest BCUT2D eigenvalue weighted by molar-refractivity contribution is 0.0378. The highest BCUT2D eigenvalue weighted by Gasteiger charge is 2.14. The number of esters is 1. The number of nitrogens with two attached hydrogens (primary N) is 1. The number of nitrogens with zero attached hydrogens (tertiary/aromatic N) is 1. The molecule has 1 aromatic heterocycles. The molecule has 5 heteroatoms. The second kappa shape index (κ2) is 3.95. The summed E-state index contributed by atoms with van der Waals surface area (Å²) >= 11 is 0. The van der Waals surface area contributed by atoms with Crippen molar-refractivity contribution in [3.63, 3.8) is 0 Å². The van der Waals surface area contributed by atoms with Gasteiger partial charge in [0.2, 0.25) is 0 Å². The highest BCUT2D eigenvalue weighted by atomic mass is 16.5. The summed E-state index contributed by atoms with van der Waals surface area (Å²) in [6.45, 7) is 3.45. The van der Waals surface area contributed by atoms with Crippen LogP contribution in [0.5, 0.6) is 5.75 Å². The van der Waals surface area contributed by atoms with Gasteiger partial charge in [-0.2, -0.15) is 0 Å². The van der Waals surface area contributed by atoms with Crippen LogP contribution in [0.1, 0.15) is 24.2 Å². The van der Waals surface area contributed by atoms with E-state index in [2.05, 4.69) is 4.98 Å². The summed E-state index contributed by atoms with van der Waals surface area (Å²) in [7, 11) is 0. The first-order valence-corrected chi connectivity index (χ1v) is 4.16. The molecule has 0 aromatic carbocycles. The number of hydrogen-bond acceptors (Lipinski definition) is 5. The molecule has 0 aliphatic heterocycles. The number of rotatable bonds is 2. The van der Waals surface area contributed by atoms with Gasteiger partial charge in [0.05, 0.1) is 12.3 Å².